The first kappa shape index (κ1) is 17.3. The molecule has 3 aromatic rings. The van der Waals surface area contributed by atoms with Crippen LogP contribution in [-0.2, 0) is 6.54 Å². The van der Waals surface area contributed by atoms with Crippen LogP contribution in [0.25, 0.3) is 11.5 Å². The van der Waals surface area contributed by atoms with E-state index in [4.69, 9.17) is 13.9 Å². The van der Waals surface area contributed by atoms with Crippen LogP contribution in [0, 0.1) is 0 Å². The Morgan fingerprint density at radius 2 is 2.00 bits per heavy atom. The molecule has 0 radical (unpaired) electrons. The molecule has 134 valence electrons. The molecule has 1 aromatic carbocycles. The number of benzene rings is 1. The number of urea groups is 1. The normalized spacial score (nSPS) is 10.2. The van der Waals surface area contributed by atoms with Gasteiger partial charge in [0.15, 0.2) is 5.76 Å². The predicted octanol–water partition coefficient (Wildman–Crippen LogP) is 3.08. The van der Waals surface area contributed by atoms with Gasteiger partial charge in [-0.05, 0) is 24.3 Å². The molecule has 2 heterocycles. The monoisotopic (exact) mass is 354 g/mol. The Bertz CT molecular complexity index is 881. The van der Waals surface area contributed by atoms with Crippen LogP contribution < -0.4 is 20.1 Å². The minimum atomic E-state index is -0.399. The molecular weight excluding hydrogens is 336 g/mol. The second-order valence-corrected chi connectivity index (χ2v) is 5.20. The van der Waals surface area contributed by atoms with Crippen molar-refractivity contribution in [3.63, 3.8) is 0 Å². The fourth-order valence-electron chi connectivity index (χ4n) is 2.35. The van der Waals surface area contributed by atoms with Crippen LogP contribution in [0.5, 0.6) is 11.5 Å². The molecule has 0 aliphatic carbocycles. The van der Waals surface area contributed by atoms with Gasteiger partial charge in [-0.1, -0.05) is 0 Å². The van der Waals surface area contributed by atoms with Crippen LogP contribution in [0.1, 0.15) is 5.69 Å². The van der Waals surface area contributed by atoms with E-state index in [0.29, 0.717) is 34.3 Å². The van der Waals surface area contributed by atoms with E-state index in [9.17, 15) is 4.79 Å². The highest BCUT2D eigenvalue weighted by Gasteiger charge is 2.13. The molecule has 2 amide bonds. The topological polar surface area (TPSA) is 98.5 Å². The molecule has 0 aliphatic heterocycles. The number of furan rings is 1. The zero-order valence-corrected chi connectivity index (χ0v) is 14.4. The summed E-state index contributed by atoms with van der Waals surface area (Å²) < 4.78 is 15.8. The van der Waals surface area contributed by atoms with E-state index in [1.807, 2.05) is 0 Å². The van der Waals surface area contributed by atoms with Crippen molar-refractivity contribution < 1.29 is 18.7 Å². The van der Waals surface area contributed by atoms with Gasteiger partial charge in [-0.3, -0.25) is 4.98 Å². The van der Waals surface area contributed by atoms with Crippen molar-refractivity contribution >= 4 is 11.7 Å². The molecule has 0 bridgehead atoms. The van der Waals surface area contributed by atoms with Crippen LogP contribution in [0.4, 0.5) is 10.5 Å². The molecule has 0 saturated carbocycles. The number of aromatic nitrogens is 2. The Balaban J connectivity index is 1.67. The Morgan fingerprint density at radius 3 is 2.73 bits per heavy atom. The van der Waals surface area contributed by atoms with E-state index in [0.717, 1.165) is 0 Å². The SMILES string of the molecule is COc1ccc(NC(=O)NCc2nccnc2-c2ccco2)c(OC)c1. The average molecular weight is 354 g/mol. The van der Waals surface area contributed by atoms with Crippen molar-refractivity contribution in [1.29, 1.82) is 0 Å². The van der Waals surface area contributed by atoms with E-state index in [1.54, 1.807) is 56.1 Å². The van der Waals surface area contributed by atoms with Crippen LogP contribution in [-0.4, -0.2) is 30.2 Å². The van der Waals surface area contributed by atoms with Gasteiger partial charge in [0.25, 0.3) is 0 Å². The zero-order chi connectivity index (χ0) is 18.4. The summed E-state index contributed by atoms with van der Waals surface area (Å²) in [4.78, 5) is 20.8. The molecule has 0 atom stereocenters. The Labute approximate surface area is 150 Å². The largest absolute Gasteiger partial charge is 0.497 e. The van der Waals surface area contributed by atoms with Crippen molar-refractivity contribution in [2.45, 2.75) is 6.54 Å². The van der Waals surface area contributed by atoms with Gasteiger partial charge < -0.3 is 24.5 Å². The second-order valence-electron chi connectivity index (χ2n) is 5.20. The molecule has 2 N–H and O–H groups in total. The third kappa shape index (κ3) is 3.92. The average Bonchev–Trinajstić information content (AvgIpc) is 3.21. The van der Waals surface area contributed by atoms with Gasteiger partial charge in [-0.15, -0.1) is 0 Å². The first-order chi connectivity index (χ1) is 12.7. The minimum Gasteiger partial charge on any atom is -0.497 e. The van der Waals surface area contributed by atoms with Gasteiger partial charge in [0.1, 0.15) is 17.2 Å². The summed E-state index contributed by atoms with van der Waals surface area (Å²) in [7, 11) is 3.08. The number of anilines is 1. The Hall–Kier alpha value is -3.55. The molecule has 0 fully saturated rings. The number of amides is 2. The molecule has 0 unspecified atom stereocenters. The van der Waals surface area contributed by atoms with Crippen LogP contribution in [0.2, 0.25) is 0 Å². The molecule has 26 heavy (non-hydrogen) atoms. The van der Waals surface area contributed by atoms with E-state index in [1.165, 1.54) is 7.11 Å². The fraction of sp³-hybridized carbons (Fsp3) is 0.167. The number of methoxy groups -OCH3 is 2. The molecular formula is C18H18N4O4. The molecule has 0 aliphatic rings. The highest BCUT2D eigenvalue weighted by molar-refractivity contribution is 5.91. The third-order valence-corrected chi connectivity index (χ3v) is 3.60. The van der Waals surface area contributed by atoms with Gasteiger partial charge >= 0.3 is 6.03 Å². The van der Waals surface area contributed by atoms with Crippen molar-refractivity contribution in [3.05, 3.63) is 54.7 Å². The van der Waals surface area contributed by atoms with Crippen LogP contribution >= 0.6 is 0 Å². The minimum absolute atomic E-state index is 0.189. The maximum atomic E-state index is 12.2. The smallest absolute Gasteiger partial charge is 0.319 e. The Morgan fingerprint density at radius 1 is 1.15 bits per heavy atom. The number of nitrogens with zero attached hydrogens (tertiary/aromatic N) is 2. The quantitative estimate of drug-likeness (QED) is 0.706. The lowest BCUT2D eigenvalue weighted by Gasteiger charge is -2.12. The van der Waals surface area contributed by atoms with Crippen molar-refractivity contribution in [2.75, 3.05) is 19.5 Å². The van der Waals surface area contributed by atoms with E-state index in [2.05, 4.69) is 20.6 Å². The number of rotatable bonds is 6. The highest BCUT2D eigenvalue weighted by atomic mass is 16.5. The lowest BCUT2D eigenvalue weighted by atomic mass is 10.2. The summed E-state index contributed by atoms with van der Waals surface area (Å²) >= 11 is 0. The number of hydrogen-bond acceptors (Lipinski definition) is 6. The fourth-order valence-corrected chi connectivity index (χ4v) is 2.35. The maximum absolute atomic E-state index is 12.2. The third-order valence-electron chi connectivity index (χ3n) is 3.60. The molecule has 3 rings (SSSR count). The van der Waals surface area contributed by atoms with E-state index in [-0.39, 0.29) is 6.54 Å². The van der Waals surface area contributed by atoms with E-state index >= 15 is 0 Å². The highest BCUT2D eigenvalue weighted by Crippen LogP contribution is 2.29. The van der Waals surface area contributed by atoms with Crippen molar-refractivity contribution in [1.82, 2.24) is 15.3 Å². The summed E-state index contributed by atoms with van der Waals surface area (Å²) in [5, 5.41) is 5.48. The predicted molar refractivity (Wildman–Crippen MR) is 95.1 cm³/mol. The van der Waals surface area contributed by atoms with Gasteiger partial charge in [0, 0.05) is 18.5 Å². The number of carbonyl (C=O) groups is 1. The van der Waals surface area contributed by atoms with Gasteiger partial charge in [-0.25, -0.2) is 9.78 Å². The molecule has 0 saturated heterocycles. The maximum Gasteiger partial charge on any atom is 0.319 e. The number of nitrogens with one attached hydrogen (secondary N) is 2. The van der Waals surface area contributed by atoms with Crippen LogP contribution in [0.15, 0.2) is 53.4 Å². The second kappa shape index (κ2) is 8.02. The van der Waals surface area contributed by atoms with Gasteiger partial charge in [-0.2, -0.15) is 0 Å². The summed E-state index contributed by atoms with van der Waals surface area (Å²) in [6.07, 6.45) is 4.70. The molecule has 0 spiro atoms. The van der Waals surface area contributed by atoms with Gasteiger partial charge in [0.05, 0.1) is 38.4 Å². The van der Waals surface area contributed by atoms with Crippen molar-refractivity contribution in [2.24, 2.45) is 0 Å². The standard InChI is InChI=1S/C18H18N4O4/c1-24-12-5-6-13(16(10-12)25-2)22-18(23)21-11-14-17(20-8-7-19-14)15-4-3-9-26-15/h3-10H,11H2,1-2H3,(H2,21,22,23). The molecule has 2 aromatic heterocycles. The lowest BCUT2D eigenvalue weighted by Crippen LogP contribution is -2.29. The summed E-state index contributed by atoms with van der Waals surface area (Å²) in [5.41, 5.74) is 1.70. The molecule has 8 nitrogen and oxygen atoms in total. The summed E-state index contributed by atoms with van der Waals surface area (Å²) in [5.74, 6) is 1.72. The summed E-state index contributed by atoms with van der Waals surface area (Å²) in [6.45, 7) is 0.189. The van der Waals surface area contributed by atoms with Crippen LogP contribution in [0.3, 0.4) is 0 Å². The number of carbonyl (C=O) groups excluding carboxylic acids is 1. The number of hydrogen-bond donors (Lipinski definition) is 2. The van der Waals surface area contributed by atoms with Crippen molar-refractivity contribution in [3.8, 4) is 23.0 Å². The zero-order valence-electron chi connectivity index (χ0n) is 14.4. The Kier molecular flexibility index (Phi) is 5.33. The lowest BCUT2D eigenvalue weighted by molar-refractivity contribution is 0.251. The number of ether oxygens (including phenoxy) is 2. The first-order valence-electron chi connectivity index (χ1n) is 7.82. The first-order valence-corrected chi connectivity index (χ1v) is 7.82. The van der Waals surface area contributed by atoms with Gasteiger partial charge in [0.2, 0.25) is 0 Å². The van der Waals surface area contributed by atoms with E-state index < -0.39 is 6.03 Å². The summed E-state index contributed by atoms with van der Waals surface area (Å²) in [6, 6.07) is 8.28. The molecule has 8 heteroatoms.